The minimum atomic E-state index is -0.560. The summed E-state index contributed by atoms with van der Waals surface area (Å²) < 4.78 is 11.1. The van der Waals surface area contributed by atoms with Gasteiger partial charge in [0.1, 0.15) is 17.2 Å². The molecule has 1 amide bonds. The van der Waals surface area contributed by atoms with Crippen molar-refractivity contribution in [1.82, 2.24) is 10.0 Å². The molecule has 0 spiro atoms. The summed E-state index contributed by atoms with van der Waals surface area (Å²) in [6.07, 6.45) is 5.55. The van der Waals surface area contributed by atoms with Crippen LogP contribution >= 0.6 is 0 Å². The second-order valence-corrected chi connectivity index (χ2v) is 7.89. The van der Waals surface area contributed by atoms with Gasteiger partial charge in [0.25, 0.3) is 5.91 Å². The molecule has 4 rings (SSSR count). The minimum Gasteiger partial charge on any atom is -0.497 e. The summed E-state index contributed by atoms with van der Waals surface area (Å²) in [5, 5.41) is 11.1. The lowest BCUT2D eigenvalue weighted by molar-refractivity contribution is -0.0863. The van der Waals surface area contributed by atoms with Crippen LogP contribution in [0.4, 0.5) is 0 Å². The lowest BCUT2D eigenvalue weighted by atomic mass is 10.1. The molecule has 3 aromatic carbocycles. The highest BCUT2D eigenvalue weighted by Gasteiger charge is 2.21. The van der Waals surface area contributed by atoms with Crippen LogP contribution in [0.1, 0.15) is 40.1 Å². The number of nitrogens with zero attached hydrogens (tertiary/aromatic N) is 2. The number of rotatable bonds is 8. The third kappa shape index (κ3) is 6.13. The van der Waals surface area contributed by atoms with E-state index < -0.39 is 11.9 Å². The topological polar surface area (TPSA) is 71.9 Å². The standard InChI is InChI=1S/C29H26N2O4/c1-21(28-8-3-4-19-30-28)31(33)29(32)24-13-11-22(12-14-24)9-10-23-6-5-7-27(20-23)35-26-17-15-25(34-2)16-18-26/h3-21,33H,1-2H3. The number of ether oxygens (including phenoxy) is 2. The molecule has 6 heteroatoms. The molecule has 35 heavy (non-hydrogen) atoms. The highest BCUT2D eigenvalue weighted by molar-refractivity contribution is 5.94. The lowest BCUT2D eigenvalue weighted by Crippen LogP contribution is -2.30. The molecule has 1 atom stereocenters. The summed E-state index contributed by atoms with van der Waals surface area (Å²) in [6.45, 7) is 1.73. The van der Waals surface area contributed by atoms with E-state index in [1.807, 2.05) is 78.9 Å². The van der Waals surface area contributed by atoms with E-state index in [0.29, 0.717) is 16.3 Å². The Morgan fingerprint density at radius 2 is 1.57 bits per heavy atom. The van der Waals surface area contributed by atoms with Crippen LogP contribution in [0.2, 0.25) is 0 Å². The van der Waals surface area contributed by atoms with Gasteiger partial charge in [0.05, 0.1) is 18.8 Å². The van der Waals surface area contributed by atoms with E-state index in [0.717, 1.165) is 28.4 Å². The first kappa shape index (κ1) is 23.7. The van der Waals surface area contributed by atoms with E-state index >= 15 is 0 Å². The summed E-state index contributed by atoms with van der Waals surface area (Å²) in [4.78, 5) is 16.9. The highest BCUT2D eigenvalue weighted by Crippen LogP contribution is 2.25. The monoisotopic (exact) mass is 466 g/mol. The Labute approximate surface area is 204 Å². The SMILES string of the molecule is COc1ccc(Oc2cccc(C=Cc3ccc(C(=O)N(O)C(C)c4ccccn4)cc3)c2)cc1. The molecule has 0 aliphatic rings. The Hall–Kier alpha value is -4.42. The van der Waals surface area contributed by atoms with Crippen LogP contribution in [-0.2, 0) is 0 Å². The van der Waals surface area contributed by atoms with Gasteiger partial charge in [-0.3, -0.25) is 15.0 Å². The van der Waals surface area contributed by atoms with E-state index in [4.69, 9.17) is 9.47 Å². The fourth-order valence-corrected chi connectivity index (χ4v) is 3.45. The van der Waals surface area contributed by atoms with Crippen molar-refractivity contribution >= 4 is 18.1 Å². The molecule has 0 radical (unpaired) electrons. The molecule has 1 unspecified atom stereocenters. The van der Waals surface area contributed by atoms with Gasteiger partial charge in [-0.25, -0.2) is 5.06 Å². The minimum absolute atomic E-state index is 0.391. The first-order valence-corrected chi connectivity index (χ1v) is 11.2. The average Bonchev–Trinajstić information content (AvgIpc) is 2.92. The molecule has 0 saturated heterocycles. The summed E-state index contributed by atoms with van der Waals surface area (Å²) in [5.74, 6) is 1.74. The quantitative estimate of drug-likeness (QED) is 0.179. The van der Waals surface area contributed by atoms with Crippen molar-refractivity contribution in [2.45, 2.75) is 13.0 Å². The zero-order valence-electron chi connectivity index (χ0n) is 19.5. The molecule has 4 aromatic rings. The predicted octanol–water partition coefficient (Wildman–Crippen LogP) is 6.65. The third-order valence-electron chi connectivity index (χ3n) is 5.47. The first-order chi connectivity index (χ1) is 17.0. The lowest BCUT2D eigenvalue weighted by Gasteiger charge is -2.22. The Morgan fingerprint density at radius 3 is 2.26 bits per heavy atom. The van der Waals surface area contributed by atoms with Crippen molar-refractivity contribution in [2.24, 2.45) is 0 Å². The van der Waals surface area contributed by atoms with Gasteiger partial charge in [-0.2, -0.15) is 0 Å². The molecular weight excluding hydrogens is 440 g/mol. The smallest absolute Gasteiger partial charge is 0.277 e. The maximum atomic E-state index is 12.7. The zero-order chi connectivity index (χ0) is 24.6. The van der Waals surface area contributed by atoms with E-state index in [1.54, 1.807) is 44.5 Å². The molecule has 1 heterocycles. The van der Waals surface area contributed by atoms with Crippen molar-refractivity contribution in [3.63, 3.8) is 0 Å². The van der Waals surface area contributed by atoms with Crippen molar-refractivity contribution in [2.75, 3.05) is 7.11 Å². The molecular formula is C29H26N2O4. The molecule has 0 bridgehead atoms. The van der Waals surface area contributed by atoms with Crippen LogP contribution in [0.5, 0.6) is 17.2 Å². The summed E-state index contributed by atoms with van der Waals surface area (Å²) in [5.41, 5.74) is 2.90. The molecule has 6 nitrogen and oxygen atoms in total. The number of carbonyl (C=O) groups excluding carboxylic acids is 1. The van der Waals surface area contributed by atoms with Gasteiger partial charge in [0, 0.05) is 11.8 Å². The Balaban J connectivity index is 1.40. The average molecular weight is 467 g/mol. The number of methoxy groups -OCH3 is 1. The Bertz CT molecular complexity index is 1290. The first-order valence-electron chi connectivity index (χ1n) is 11.2. The Kier molecular flexibility index (Phi) is 7.55. The molecule has 176 valence electrons. The Morgan fingerprint density at radius 1 is 0.857 bits per heavy atom. The normalized spacial score (nSPS) is 11.7. The fraction of sp³-hybridized carbons (Fsp3) is 0.103. The fourth-order valence-electron chi connectivity index (χ4n) is 3.45. The number of aromatic nitrogens is 1. The number of amides is 1. The second-order valence-electron chi connectivity index (χ2n) is 7.89. The molecule has 0 aliphatic carbocycles. The molecule has 1 N–H and O–H groups in total. The summed E-state index contributed by atoms with van der Waals surface area (Å²) >= 11 is 0. The molecule has 1 aromatic heterocycles. The van der Waals surface area contributed by atoms with Crippen LogP contribution < -0.4 is 9.47 Å². The summed E-state index contributed by atoms with van der Waals surface area (Å²) in [6, 6.07) is 27.0. The number of benzene rings is 3. The van der Waals surface area contributed by atoms with Crippen molar-refractivity contribution < 1.29 is 19.5 Å². The molecule has 0 fully saturated rings. The van der Waals surface area contributed by atoms with Crippen LogP contribution in [-0.4, -0.2) is 28.3 Å². The van der Waals surface area contributed by atoms with Gasteiger partial charge in [-0.05, 0) is 78.7 Å². The number of hydrogen-bond donors (Lipinski definition) is 1. The van der Waals surface area contributed by atoms with E-state index in [2.05, 4.69) is 4.98 Å². The van der Waals surface area contributed by atoms with Crippen molar-refractivity contribution in [3.8, 4) is 17.2 Å². The predicted molar refractivity (Wildman–Crippen MR) is 135 cm³/mol. The maximum Gasteiger partial charge on any atom is 0.277 e. The van der Waals surface area contributed by atoms with Crippen LogP contribution in [0, 0.1) is 0 Å². The van der Waals surface area contributed by atoms with E-state index in [-0.39, 0.29) is 0 Å². The number of hydrogen-bond acceptors (Lipinski definition) is 5. The molecule has 0 saturated carbocycles. The summed E-state index contributed by atoms with van der Waals surface area (Å²) in [7, 11) is 1.63. The van der Waals surface area contributed by atoms with Gasteiger partial charge in [0.2, 0.25) is 0 Å². The van der Waals surface area contributed by atoms with Crippen molar-refractivity contribution in [3.05, 3.63) is 120 Å². The third-order valence-corrected chi connectivity index (χ3v) is 5.47. The second kappa shape index (κ2) is 11.1. The van der Waals surface area contributed by atoms with Crippen LogP contribution in [0.3, 0.4) is 0 Å². The van der Waals surface area contributed by atoms with Gasteiger partial charge in [-0.1, -0.05) is 42.5 Å². The largest absolute Gasteiger partial charge is 0.497 e. The van der Waals surface area contributed by atoms with E-state index in [9.17, 15) is 10.0 Å². The van der Waals surface area contributed by atoms with Crippen LogP contribution in [0.15, 0.2) is 97.2 Å². The number of carbonyl (C=O) groups is 1. The maximum absolute atomic E-state index is 12.7. The zero-order valence-corrected chi connectivity index (χ0v) is 19.5. The number of hydroxylamine groups is 2. The van der Waals surface area contributed by atoms with Gasteiger partial charge >= 0.3 is 0 Å². The number of pyridine rings is 1. The highest BCUT2D eigenvalue weighted by atomic mass is 16.5. The molecule has 0 aliphatic heterocycles. The van der Waals surface area contributed by atoms with Crippen molar-refractivity contribution in [1.29, 1.82) is 0 Å². The van der Waals surface area contributed by atoms with Gasteiger partial charge < -0.3 is 9.47 Å². The van der Waals surface area contributed by atoms with Gasteiger partial charge in [-0.15, -0.1) is 0 Å². The van der Waals surface area contributed by atoms with E-state index in [1.165, 1.54) is 0 Å². The van der Waals surface area contributed by atoms with Gasteiger partial charge in [0.15, 0.2) is 0 Å². The van der Waals surface area contributed by atoms with Crippen LogP contribution in [0.25, 0.3) is 12.2 Å².